The summed E-state index contributed by atoms with van der Waals surface area (Å²) in [6.07, 6.45) is 6.94. The predicted octanol–water partition coefficient (Wildman–Crippen LogP) is 3.91. The van der Waals surface area contributed by atoms with E-state index in [9.17, 15) is 25.2 Å². The highest BCUT2D eigenvalue weighted by atomic mass is 16.3. The van der Waals surface area contributed by atoms with Crippen molar-refractivity contribution >= 4 is 5.91 Å². The van der Waals surface area contributed by atoms with Crippen LogP contribution in [0, 0.1) is 17.8 Å². The quantitative estimate of drug-likeness (QED) is 0.492. The summed E-state index contributed by atoms with van der Waals surface area (Å²) in [5.41, 5.74) is 1.18. The van der Waals surface area contributed by atoms with E-state index in [0.29, 0.717) is 23.3 Å². The molecule has 30 heavy (non-hydrogen) atoms. The lowest BCUT2D eigenvalue weighted by Gasteiger charge is -2.57. The van der Waals surface area contributed by atoms with Gasteiger partial charge in [0.2, 0.25) is 0 Å². The van der Waals surface area contributed by atoms with Crippen molar-refractivity contribution in [2.24, 2.45) is 17.8 Å². The molecule has 4 aliphatic carbocycles. The third-order valence-electron chi connectivity index (χ3n) is 7.47. The Balaban J connectivity index is 1.42. The SMILES string of the molecule is O=C(NCc1cc(O)ccc1O)c1cc(C23CC4CC(CC(C4)C2)C3)c(O)cc1O. The molecule has 0 aliphatic heterocycles. The predicted molar refractivity (Wildman–Crippen MR) is 111 cm³/mol. The average molecular weight is 409 g/mol. The average Bonchev–Trinajstić information content (AvgIpc) is 2.67. The van der Waals surface area contributed by atoms with Gasteiger partial charge < -0.3 is 25.7 Å². The zero-order valence-electron chi connectivity index (χ0n) is 16.8. The van der Waals surface area contributed by atoms with Crippen LogP contribution < -0.4 is 5.32 Å². The van der Waals surface area contributed by atoms with Crippen molar-refractivity contribution in [1.82, 2.24) is 5.32 Å². The molecular formula is C24H27NO5. The molecule has 1 amide bonds. The number of phenolic OH excluding ortho intramolecular Hbond substituents is 4. The van der Waals surface area contributed by atoms with Gasteiger partial charge >= 0.3 is 0 Å². The molecule has 6 heteroatoms. The topological polar surface area (TPSA) is 110 Å². The number of carbonyl (C=O) groups excluding carboxylic acids is 1. The number of rotatable bonds is 4. The van der Waals surface area contributed by atoms with Gasteiger partial charge in [0, 0.05) is 23.7 Å². The van der Waals surface area contributed by atoms with Gasteiger partial charge in [0.05, 0.1) is 5.56 Å². The fourth-order valence-corrected chi connectivity index (χ4v) is 6.61. The van der Waals surface area contributed by atoms with Crippen LogP contribution in [0.4, 0.5) is 0 Å². The Morgan fingerprint density at radius 3 is 2.13 bits per heavy atom. The molecule has 0 spiro atoms. The van der Waals surface area contributed by atoms with Gasteiger partial charge in [-0.1, -0.05) is 0 Å². The number of amides is 1. The Morgan fingerprint density at radius 1 is 0.867 bits per heavy atom. The molecule has 5 N–H and O–H groups in total. The minimum absolute atomic E-state index is 0.00590. The summed E-state index contributed by atoms with van der Waals surface area (Å²) in [5.74, 6) is 1.35. The number of nitrogens with one attached hydrogen (secondary N) is 1. The Hall–Kier alpha value is -2.89. The normalized spacial score (nSPS) is 29.1. The third-order valence-corrected chi connectivity index (χ3v) is 7.47. The zero-order chi connectivity index (χ0) is 21.0. The summed E-state index contributed by atoms with van der Waals surface area (Å²) in [7, 11) is 0. The van der Waals surface area contributed by atoms with Crippen LogP contribution in [-0.2, 0) is 12.0 Å². The van der Waals surface area contributed by atoms with Crippen molar-refractivity contribution in [3.63, 3.8) is 0 Å². The molecule has 0 atom stereocenters. The van der Waals surface area contributed by atoms with Crippen LogP contribution in [0.1, 0.15) is 60.0 Å². The lowest BCUT2D eigenvalue weighted by molar-refractivity contribution is -0.00617. The van der Waals surface area contributed by atoms with Gasteiger partial charge in [-0.25, -0.2) is 0 Å². The monoisotopic (exact) mass is 409 g/mol. The molecule has 0 radical (unpaired) electrons. The minimum atomic E-state index is -0.485. The number of aromatic hydroxyl groups is 4. The summed E-state index contributed by atoms with van der Waals surface area (Å²) in [5, 5.41) is 43.2. The summed E-state index contributed by atoms with van der Waals surface area (Å²) in [6, 6.07) is 7.06. The highest BCUT2D eigenvalue weighted by Crippen LogP contribution is 2.62. The van der Waals surface area contributed by atoms with Crippen molar-refractivity contribution in [3.8, 4) is 23.0 Å². The molecule has 6 nitrogen and oxygen atoms in total. The Labute approximate surface area is 175 Å². The van der Waals surface area contributed by atoms with Crippen molar-refractivity contribution in [1.29, 1.82) is 0 Å². The second-order valence-electron chi connectivity index (χ2n) is 9.58. The second kappa shape index (κ2) is 6.83. The van der Waals surface area contributed by atoms with E-state index in [1.54, 1.807) is 6.07 Å². The second-order valence-corrected chi connectivity index (χ2v) is 9.58. The fraction of sp³-hybridized carbons (Fsp3) is 0.458. The Morgan fingerprint density at radius 2 is 1.50 bits per heavy atom. The lowest BCUT2D eigenvalue weighted by Crippen LogP contribution is -2.48. The van der Waals surface area contributed by atoms with Crippen LogP contribution in [0.15, 0.2) is 30.3 Å². The highest BCUT2D eigenvalue weighted by Gasteiger charge is 2.52. The van der Waals surface area contributed by atoms with Crippen LogP contribution in [0.2, 0.25) is 0 Å². The van der Waals surface area contributed by atoms with Gasteiger partial charge in [-0.05, 0) is 86.0 Å². The standard InChI is InChI=1S/C24H27NO5/c26-17-1-2-20(27)16(6-17)12-25-23(30)18-7-19(22(29)8-21(18)28)24-9-13-3-14(10-24)5-15(4-13)11-24/h1-2,6-8,13-15,26-29H,3-5,9-12H2,(H,25,30). The van der Waals surface area contributed by atoms with Gasteiger partial charge in [0.1, 0.15) is 23.0 Å². The molecule has 4 fully saturated rings. The van der Waals surface area contributed by atoms with Gasteiger partial charge in [-0.2, -0.15) is 0 Å². The van der Waals surface area contributed by atoms with Crippen LogP contribution in [0.3, 0.4) is 0 Å². The van der Waals surface area contributed by atoms with E-state index in [-0.39, 0.29) is 40.5 Å². The molecule has 0 saturated heterocycles. The molecule has 0 heterocycles. The van der Waals surface area contributed by atoms with Crippen LogP contribution in [0.25, 0.3) is 0 Å². The molecule has 4 saturated carbocycles. The van der Waals surface area contributed by atoms with Gasteiger partial charge in [0.25, 0.3) is 5.91 Å². The maximum Gasteiger partial charge on any atom is 0.255 e. The maximum atomic E-state index is 12.8. The Bertz CT molecular complexity index is 980. The molecule has 4 bridgehead atoms. The van der Waals surface area contributed by atoms with E-state index in [4.69, 9.17) is 0 Å². The first kappa shape index (κ1) is 19.1. The summed E-state index contributed by atoms with van der Waals surface area (Å²) < 4.78 is 0. The van der Waals surface area contributed by atoms with Crippen LogP contribution in [-0.4, -0.2) is 26.3 Å². The minimum Gasteiger partial charge on any atom is -0.508 e. The molecular weight excluding hydrogens is 382 g/mol. The first-order chi connectivity index (χ1) is 14.3. The Kier molecular flexibility index (Phi) is 4.34. The number of phenols is 4. The largest absolute Gasteiger partial charge is 0.508 e. The summed E-state index contributed by atoms with van der Waals surface area (Å²) >= 11 is 0. The summed E-state index contributed by atoms with van der Waals surface area (Å²) in [6.45, 7) is 0.00603. The molecule has 2 aromatic rings. The molecule has 6 rings (SSSR count). The molecule has 0 unspecified atom stereocenters. The zero-order valence-corrected chi connectivity index (χ0v) is 16.8. The van der Waals surface area contributed by atoms with Crippen molar-refractivity contribution in [2.75, 3.05) is 0 Å². The first-order valence-electron chi connectivity index (χ1n) is 10.7. The maximum absolute atomic E-state index is 12.8. The van der Waals surface area contributed by atoms with Gasteiger partial charge in [-0.3, -0.25) is 4.79 Å². The summed E-state index contributed by atoms with van der Waals surface area (Å²) in [4.78, 5) is 12.8. The highest BCUT2D eigenvalue weighted by molar-refractivity contribution is 5.97. The van der Waals surface area contributed by atoms with E-state index in [2.05, 4.69) is 5.32 Å². The fourth-order valence-electron chi connectivity index (χ4n) is 6.61. The lowest BCUT2D eigenvalue weighted by atomic mass is 9.48. The van der Waals surface area contributed by atoms with E-state index in [1.807, 2.05) is 0 Å². The van der Waals surface area contributed by atoms with Crippen LogP contribution >= 0.6 is 0 Å². The van der Waals surface area contributed by atoms with Crippen molar-refractivity contribution < 1.29 is 25.2 Å². The van der Waals surface area contributed by atoms with E-state index >= 15 is 0 Å². The third kappa shape index (κ3) is 3.15. The number of carbonyl (C=O) groups is 1. The molecule has 158 valence electrons. The van der Waals surface area contributed by atoms with Crippen molar-refractivity contribution in [2.45, 2.75) is 50.5 Å². The van der Waals surface area contributed by atoms with E-state index in [0.717, 1.165) is 24.8 Å². The van der Waals surface area contributed by atoms with Crippen LogP contribution in [0.5, 0.6) is 23.0 Å². The van der Waals surface area contributed by atoms with Gasteiger partial charge in [0.15, 0.2) is 0 Å². The molecule has 2 aromatic carbocycles. The number of hydrogen-bond donors (Lipinski definition) is 5. The van der Waals surface area contributed by atoms with Gasteiger partial charge in [-0.15, -0.1) is 0 Å². The van der Waals surface area contributed by atoms with Crippen molar-refractivity contribution in [3.05, 3.63) is 47.0 Å². The van der Waals surface area contributed by atoms with E-state index < -0.39 is 5.91 Å². The first-order valence-corrected chi connectivity index (χ1v) is 10.7. The number of hydrogen-bond acceptors (Lipinski definition) is 5. The molecule has 4 aliphatic rings. The number of benzene rings is 2. The molecule has 0 aromatic heterocycles. The van der Waals surface area contributed by atoms with E-state index in [1.165, 1.54) is 43.5 Å². The smallest absolute Gasteiger partial charge is 0.255 e.